The van der Waals surface area contributed by atoms with Gasteiger partial charge in [0.05, 0.1) is 45.1 Å². The molecule has 1 aromatic carbocycles. The quantitative estimate of drug-likeness (QED) is 0.538. The summed E-state index contributed by atoms with van der Waals surface area (Å²) >= 11 is 1.36. The number of nitrogens with zero attached hydrogens (tertiary/aromatic N) is 3. The van der Waals surface area contributed by atoms with E-state index in [2.05, 4.69) is 21.8 Å². The molecule has 2 aromatic heterocycles. The van der Waals surface area contributed by atoms with Crippen LogP contribution in [0.2, 0.25) is 0 Å². The Morgan fingerprint density at radius 1 is 1.42 bits per heavy atom. The molecule has 1 unspecified atom stereocenters. The van der Waals surface area contributed by atoms with Crippen LogP contribution in [0.15, 0.2) is 17.6 Å². The van der Waals surface area contributed by atoms with Crippen molar-refractivity contribution in [3.8, 4) is 29.0 Å². The summed E-state index contributed by atoms with van der Waals surface area (Å²) in [5.41, 5.74) is 8.93. The van der Waals surface area contributed by atoms with Crippen molar-refractivity contribution in [2.24, 2.45) is 5.73 Å². The normalized spacial score (nSPS) is 14.0. The Hall–Kier alpha value is -2.77. The largest absolute Gasteiger partial charge is 0.491 e. The minimum Gasteiger partial charge on any atom is -0.491 e. The second-order valence-corrected chi connectivity index (χ2v) is 8.70. The molecule has 0 aliphatic carbocycles. The molecule has 7 nitrogen and oxygen atoms in total. The van der Waals surface area contributed by atoms with Gasteiger partial charge in [-0.2, -0.15) is 0 Å². The van der Waals surface area contributed by atoms with Gasteiger partial charge in [-0.3, -0.25) is 0 Å². The van der Waals surface area contributed by atoms with Crippen LogP contribution in [-0.2, 0) is 13.1 Å². The number of thiazole rings is 1. The van der Waals surface area contributed by atoms with Crippen LogP contribution < -0.4 is 10.5 Å². The summed E-state index contributed by atoms with van der Waals surface area (Å²) in [5, 5.41) is 21.0. The van der Waals surface area contributed by atoms with Crippen molar-refractivity contribution in [2.75, 3.05) is 6.61 Å². The minimum atomic E-state index is -1.26. The molecule has 1 aliphatic heterocycles. The summed E-state index contributed by atoms with van der Waals surface area (Å²) in [5.74, 6) is 5.64. The number of hydrogen-bond acceptors (Lipinski definition) is 7. The van der Waals surface area contributed by atoms with Gasteiger partial charge in [-0.05, 0) is 26.8 Å². The molecule has 0 radical (unpaired) electrons. The van der Waals surface area contributed by atoms with Crippen molar-refractivity contribution >= 4 is 11.3 Å². The summed E-state index contributed by atoms with van der Waals surface area (Å²) in [6, 6.07) is 2.83. The third kappa shape index (κ3) is 4.07. The summed E-state index contributed by atoms with van der Waals surface area (Å²) in [6.07, 6.45) is -0.941. The zero-order valence-electron chi connectivity index (χ0n) is 17.4. The molecule has 31 heavy (non-hydrogen) atoms. The fraction of sp³-hybridized carbons (Fsp3) is 0.364. The maximum Gasteiger partial charge on any atom is 0.144 e. The topological polar surface area (TPSA) is 106 Å². The first-order valence-electron chi connectivity index (χ1n) is 9.79. The number of imidazole rings is 1. The first kappa shape index (κ1) is 21.5. The standard InChI is InChI=1S/C22H23FN4O3S/c1-12-20(31-11-25-12)19(28)18-16(10-24)26-21-14-8-13(4-5-22(2,3)29)15(23)9-17(14)30-7-6-27(18)21/h8-9,11,19,28-29H,6-7,10,24H2,1-3H3. The molecule has 3 aromatic rings. The predicted octanol–water partition coefficient (Wildman–Crippen LogP) is 2.51. The highest BCUT2D eigenvalue weighted by atomic mass is 32.1. The van der Waals surface area contributed by atoms with Crippen molar-refractivity contribution in [2.45, 2.75) is 45.6 Å². The summed E-state index contributed by atoms with van der Waals surface area (Å²) in [7, 11) is 0. The molecular formula is C22H23FN4O3S. The highest BCUT2D eigenvalue weighted by Gasteiger charge is 2.29. The maximum atomic E-state index is 14.6. The number of aryl methyl sites for hydroxylation is 1. The molecule has 0 saturated carbocycles. The van der Waals surface area contributed by atoms with E-state index in [0.29, 0.717) is 35.1 Å². The third-order valence-electron chi connectivity index (χ3n) is 4.95. The van der Waals surface area contributed by atoms with Crippen molar-refractivity contribution in [1.29, 1.82) is 0 Å². The highest BCUT2D eigenvalue weighted by Crippen LogP contribution is 2.38. The van der Waals surface area contributed by atoms with E-state index in [0.717, 1.165) is 10.6 Å². The third-order valence-corrected chi connectivity index (χ3v) is 5.94. The number of ether oxygens (including phenoxy) is 1. The number of halogens is 1. The van der Waals surface area contributed by atoms with Gasteiger partial charge < -0.3 is 25.3 Å². The molecule has 0 fully saturated rings. The number of benzene rings is 1. The molecule has 162 valence electrons. The van der Waals surface area contributed by atoms with Crippen LogP contribution >= 0.6 is 11.3 Å². The average molecular weight is 443 g/mol. The second kappa shape index (κ2) is 8.05. The van der Waals surface area contributed by atoms with Crippen molar-refractivity contribution in [3.05, 3.63) is 51.0 Å². The summed E-state index contributed by atoms with van der Waals surface area (Å²) < 4.78 is 22.2. The van der Waals surface area contributed by atoms with E-state index in [1.54, 1.807) is 11.6 Å². The van der Waals surface area contributed by atoms with Gasteiger partial charge in [-0.25, -0.2) is 14.4 Å². The number of aliphatic hydroxyl groups is 2. The lowest BCUT2D eigenvalue weighted by Crippen LogP contribution is -2.15. The first-order chi connectivity index (χ1) is 14.7. The Morgan fingerprint density at radius 3 is 2.84 bits per heavy atom. The summed E-state index contributed by atoms with van der Waals surface area (Å²) in [4.78, 5) is 9.62. The number of fused-ring (bicyclic) bond motifs is 3. The Labute approximate surface area is 183 Å². The average Bonchev–Trinajstić information content (AvgIpc) is 3.25. The van der Waals surface area contributed by atoms with Gasteiger partial charge in [0.2, 0.25) is 0 Å². The molecule has 4 rings (SSSR count). The van der Waals surface area contributed by atoms with Gasteiger partial charge >= 0.3 is 0 Å². The Bertz CT molecular complexity index is 1200. The number of hydrogen-bond donors (Lipinski definition) is 3. The van der Waals surface area contributed by atoms with Gasteiger partial charge in [0.15, 0.2) is 0 Å². The molecule has 1 aliphatic rings. The van der Waals surface area contributed by atoms with E-state index >= 15 is 0 Å². The van der Waals surface area contributed by atoms with Gasteiger partial charge in [0.25, 0.3) is 0 Å². The molecule has 0 saturated heterocycles. The van der Waals surface area contributed by atoms with Crippen molar-refractivity contribution < 1.29 is 19.3 Å². The van der Waals surface area contributed by atoms with E-state index in [4.69, 9.17) is 10.5 Å². The lowest BCUT2D eigenvalue weighted by atomic mass is 10.1. The van der Waals surface area contributed by atoms with Crippen molar-refractivity contribution in [3.63, 3.8) is 0 Å². The van der Waals surface area contributed by atoms with Gasteiger partial charge in [-0.15, -0.1) is 11.3 Å². The van der Waals surface area contributed by atoms with E-state index < -0.39 is 17.5 Å². The second-order valence-electron chi connectivity index (χ2n) is 7.81. The van der Waals surface area contributed by atoms with Crippen LogP contribution in [0.4, 0.5) is 4.39 Å². The Balaban J connectivity index is 1.89. The molecular weight excluding hydrogens is 419 g/mol. The molecule has 0 amide bonds. The highest BCUT2D eigenvalue weighted by molar-refractivity contribution is 7.09. The van der Waals surface area contributed by atoms with E-state index in [9.17, 15) is 14.6 Å². The Morgan fingerprint density at radius 2 is 2.19 bits per heavy atom. The molecule has 0 spiro atoms. The van der Waals surface area contributed by atoms with E-state index in [-0.39, 0.29) is 18.7 Å². The van der Waals surface area contributed by atoms with E-state index in [1.165, 1.54) is 31.3 Å². The fourth-order valence-corrected chi connectivity index (χ4v) is 4.30. The predicted molar refractivity (Wildman–Crippen MR) is 115 cm³/mol. The molecule has 0 bridgehead atoms. The minimum absolute atomic E-state index is 0.121. The number of rotatable bonds is 3. The van der Waals surface area contributed by atoms with Crippen LogP contribution in [0.25, 0.3) is 11.4 Å². The first-order valence-corrected chi connectivity index (χ1v) is 10.7. The van der Waals surface area contributed by atoms with Crippen LogP contribution in [0.1, 0.15) is 47.5 Å². The maximum absolute atomic E-state index is 14.6. The zero-order chi connectivity index (χ0) is 22.3. The van der Waals surface area contributed by atoms with Crippen LogP contribution in [0, 0.1) is 24.6 Å². The van der Waals surface area contributed by atoms with Gasteiger partial charge in [0, 0.05) is 12.6 Å². The molecule has 9 heteroatoms. The number of aliphatic hydroxyl groups excluding tert-OH is 1. The Kier molecular flexibility index (Phi) is 5.58. The molecule has 1 atom stereocenters. The van der Waals surface area contributed by atoms with Gasteiger partial charge in [0.1, 0.15) is 35.7 Å². The summed E-state index contributed by atoms with van der Waals surface area (Å²) in [6.45, 7) is 5.71. The van der Waals surface area contributed by atoms with Crippen molar-refractivity contribution in [1.82, 2.24) is 14.5 Å². The number of aromatic nitrogens is 3. The smallest absolute Gasteiger partial charge is 0.144 e. The molecule has 3 heterocycles. The van der Waals surface area contributed by atoms with Crippen LogP contribution in [0.5, 0.6) is 5.75 Å². The number of nitrogens with two attached hydrogens (primary N) is 1. The monoisotopic (exact) mass is 442 g/mol. The van der Waals surface area contributed by atoms with Gasteiger partial charge in [-0.1, -0.05) is 11.8 Å². The van der Waals surface area contributed by atoms with Crippen LogP contribution in [-0.4, -0.2) is 37.0 Å². The lowest BCUT2D eigenvalue weighted by molar-refractivity contribution is 0.143. The zero-order valence-corrected chi connectivity index (χ0v) is 18.3. The van der Waals surface area contributed by atoms with E-state index in [1.807, 2.05) is 11.5 Å². The SMILES string of the molecule is Cc1ncsc1C(O)c1c(CN)nc2n1CCOc1cc(F)c(C#CC(C)(C)O)cc1-2. The van der Waals surface area contributed by atoms with Crippen LogP contribution in [0.3, 0.4) is 0 Å². The fourth-order valence-electron chi connectivity index (χ4n) is 3.51. The lowest BCUT2D eigenvalue weighted by Gasteiger charge is -2.15. The molecule has 4 N–H and O–H groups in total.